The summed E-state index contributed by atoms with van der Waals surface area (Å²) >= 11 is 0. The zero-order valence-corrected chi connectivity index (χ0v) is 9.15. The molecule has 0 spiro atoms. The molecule has 1 heterocycles. The van der Waals surface area contributed by atoms with E-state index in [2.05, 4.69) is 36.1 Å². The first-order valence-corrected chi connectivity index (χ1v) is 5.58. The smallest absolute Gasteiger partial charge is 0.146 e. The van der Waals surface area contributed by atoms with Gasteiger partial charge in [0.25, 0.3) is 0 Å². The maximum Gasteiger partial charge on any atom is 0.146 e. The van der Waals surface area contributed by atoms with Crippen molar-refractivity contribution in [2.45, 2.75) is 25.8 Å². The highest BCUT2D eigenvalue weighted by molar-refractivity contribution is 5.81. The lowest BCUT2D eigenvalue weighted by Gasteiger charge is -2.31. The fourth-order valence-electron chi connectivity index (χ4n) is 2.14. The van der Waals surface area contributed by atoms with Crippen molar-refractivity contribution in [3.8, 4) is 0 Å². The Morgan fingerprint density at radius 3 is 2.67 bits per heavy atom. The summed E-state index contributed by atoms with van der Waals surface area (Å²) in [4.78, 5) is 13.6. The quantitative estimate of drug-likeness (QED) is 0.735. The summed E-state index contributed by atoms with van der Waals surface area (Å²) in [7, 11) is 0. The molecule has 15 heavy (non-hydrogen) atoms. The fraction of sp³-hybridized carbons (Fsp3) is 0.462. The number of benzene rings is 1. The van der Waals surface area contributed by atoms with Crippen LogP contribution in [-0.4, -0.2) is 23.8 Å². The Labute approximate surface area is 90.9 Å². The molecule has 0 radical (unpaired) electrons. The molecule has 2 nitrogen and oxygen atoms in total. The average Bonchev–Trinajstić information content (AvgIpc) is 2.29. The second-order valence-corrected chi connectivity index (χ2v) is 4.20. The summed E-state index contributed by atoms with van der Waals surface area (Å²) in [6, 6.07) is 10.7. The summed E-state index contributed by atoms with van der Waals surface area (Å²) in [5, 5.41) is 0. The lowest BCUT2D eigenvalue weighted by Crippen LogP contribution is -2.37. The first-order valence-electron chi connectivity index (χ1n) is 5.58. The lowest BCUT2D eigenvalue weighted by molar-refractivity contribution is -0.122. The minimum Gasteiger partial charge on any atom is -0.298 e. The molecule has 80 valence electrons. The van der Waals surface area contributed by atoms with Crippen LogP contribution in [0.3, 0.4) is 0 Å². The van der Waals surface area contributed by atoms with Crippen molar-refractivity contribution in [2.75, 3.05) is 13.1 Å². The molecule has 1 aliphatic heterocycles. The number of Topliss-reactive ketones (excluding diaryl/α,β-unsaturated/α-hetero) is 1. The highest BCUT2D eigenvalue weighted by atomic mass is 16.1. The van der Waals surface area contributed by atoms with Gasteiger partial charge in [0.05, 0.1) is 6.54 Å². The van der Waals surface area contributed by atoms with Gasteiger partial charge in [-0.2, -0.15) is 0 Å². The van der Waals surface area contributed by atoms with Crippen LogP contribution in [0, 0.1) is 0 Å². The number of piperidine rings is 1. The van der Waals surface area contributed by atoms with Crippen molar-refractivity contribution in [3.63, 3.8) is 0 Å². The minimum absolute atomic E-state index is 0.357. The fourth-order valence-corrected chi connectivity index (χ4v) is 2.14. The van der Waals surface area contributed by atoms with Gasteiger partial charge in [0.1, 0.15) is 5.78 Å². The molecule has 0 aromatic heterocycles. The van der Waals surface area contributed by atoms with Gasteiger partial charge >= 0.3 is 0 Å². The van der Waals surface area contributed by atoms with Gasteiger partial charge in [-0.3, -0.25) is 9.69 Å². The normalized spacial score (nSPS) is 20.2. The van der Waals surface area contributed by atoms with Crippen molar-refractivity contribution in [2.24, 2.45) is 0 Å². The molecule has 1 unspecified atom stereocenters. The van der Waals surface area contributed by atoms with Crippen LogP contribution in [-0.2, 0) is 4.79 Å². The number of nitrogens with zero attached hydrogens (tertiary/aromatic N) is 1. The lowest BCUT2D eigenvalue weighted by atomic mass is 10.0. The number of likely N-dealkylation sites (tertiary alicyclic amines) is 1. The predicted octanol–water partition coefficient (Wildman–Crippen LogP) is 2.41. The molecule has 1 aliphatic rings. The van der Waals surface area contributed by atoms with Crippen molar-refractivity contribution in [1.82, 2.24) is 4.90 Å². The van der Waals surface area contributed by atoms with E-state index in [0.717, 1.165) is 19.4 Å². The van der Waals surface area contributed by atoms with Gasteiger partial charge in [0.2, 0.25) is 0 Å². The van der Waals surface area contributed by atoms with Gasteiger partial charge < -0.3 is 0 Å². The van der Waals surface area contributed by atoms with Crippen LogP contribution >= 0.6 is 0 Å². The van der Waals surface area contributed by atoms with Gasteiger partial charge in [0.15, 0.2) is 0 Å². The van der Waals surface area contributed by atoms with E-state index in [-0.39, 0.29) is 0 Å². The highest BCUT2D eigenvalue weighted by Crippen LogP contribution is 2.22. The topological polar surface area (TPSA) is 20.3 Å². The summed E-state index contributed by atoms with van der Waals surface area (Å²) in [6.45, 7) is 3.84. The van der Waals surface area contributed by atoms with E-state index in [1.807, 2.05) is 6.07 Å². The average molecular weight is 203 g/mol. The Balaban J connectivity index is 2.07. The maximum absolute atomic E-state index is 11.4. The molecule has 1 fully saturated rings. The summed E-state index contributed by atoms with van der Waals surface area (Å²) in [5.41, 5.74) is 1.30. The van der Waals surface area contributed by atoms with E-state index in [4.69, 9.17) is 0 Å². The van der Waals surface area contributed by atoms with Gasteiger partial charge in [-0.25, -0.2) is 0 Å². The summed E-state index contributed by atoms with van der Waals surface area (Å²) < 4.78 is 0. The summed E-state index contributed by atoms with van der Waals surface area (Å²) in [5.74, 6) is 0.379. The minimum atomic E-state index is 0.357. The van der Waals surface area contributed by atoms with Crippen LogP contribution in [0.1, 0.15) is 31.4 Å². The molecule has 2 heteroatoms. The van der Waals surface area contributed by atoms with Crippen molar-refractivity contribution in [3.05, 3.63) is 35.9 Å². The Morgan fingerprint density at radius 2 is 2.00 bits per heavy atom. The number of hydrogen-bond donors (Lipinski definition) is 0. The number of ketones is 1. The van der Waals surface area contributed by atoms with E-state index in [1.54, 1.807) is 0 Å². The maximum atomic E-state index is 11.4. The third kappa shape index (κ3) is 2.45. The molecule has 0 amide bonds. The molecule has 0 bridgehead atoms. The third-order valence-electron chi connectivity index (χ3n) is 3.11. The van der Waals surface area contributed by atoms with Crippen molar-refractivity contribution >= 4 is 5.78 Å². The highest BCUT2D eigenvalue weighted by Gasteiger charge is 2.21. The van der Waals surface area contributed by atoms with Crippen LogP contribution in [0.5, 0.6) is 0 Å². The molecule has 0 saturated carbocycles. The van der Waals surface area contributed by atoms with Gasteiger partial charge in [-0.1, -0.05) is 30.3 Å². The standard InChI is InChI=1S/C13H17NO/c1-11(12-6-3-2-4-7-12)14-9-5-8-13(15)10-14/h2-4,6-7,11H,5,8-10H2,1H3. The first-order chi connectivity index (χ1) is 7.27. The number of rotatable bonds is 2. The predicted molar refractivity (Wildman–Crippen MR) is 60.7 cm³/mol. The second-order valence-electron chi connectivity index (χ2n) is 4.20. The van der Waals surface area contributed by atoms with Crippen LogP contribution in [0.25, 0.3) is 0 Å². The Morgan fingerprint density at radius 1 is 1.27 bits per heavy atom. The summed E-state index contributed by atoms with van der Waals surface area (Å²) in [6.07, 6.45) is 1.77. The number of carbonyl (C=O) groups excluding carboxylic acids is 1. The van der Waals surface area contributed by atoms with E-state index < -0.39 is 0 Å². The largest absolute Gasteiger partial charge is 0.298 e. The van der Waals surface area contributed by atoms with E-state index in [9.17, 15) is 4.79 Å². The Bertz CT molecular complexity index is 334. The molecule has 1 saturated heterocycles. The van der Waals surface area contributed by atoms with Gasteiger partial charge in [-0.05, 0) is 25.5 Å². The van der Waals surface area contributed by atoms with Crippen molar-refractivity contribution < 1.29 is 4.79 Å². The molecular weight excluding hydrogens is 186 g/mol. The first kappa shape index (κ1) is 10.4. The van der Waals surface area contributed by atoms with Gasteiger partial charge in [-0.15, -0.1) is 0 Å². The van der Waals surface area contributed by atoms with Crippen LogP contribution in [0.15, 0.2) is 30.3 Å². The van der Waals surface area contributed by atoms with E-state index >= 15 is 0 Å². The van der Waals surface area contributed by atoms with Crippen molar-refractivity contribution in [1.29, 1.82) is 0 Å². The zero-order chi connectivity index (χ0) is 10.7. The molecular formula is C13H17NO. The van der Waals surface area contributed by atoms with E-state index in [1.165, 1.54) is 5.56 Å². The monoisotopic (exact) mass is 203 g/mol. The zero-order valence-electron chi connectivity index (χ0n) is 9.15. The Hall–Kier alpha value is -1.15. The molecule has 0 N–H and O–H groups in total. The van der Waals surface area contributed by atoms with Crippen LogP contribution in [0.2, 0.25) is 0 Å². The molecule has 1 atom stereocenters. The van der Waals surface area contributed by atoms with E-state index in [0.29, 0.717) is 18.4 Å². The third-order valence-corrected chi connectivity index (χ3v) is 3.11. The number of carbonyl (C=O) groups is 1. The molecule has 0 aliphatic carbocycles. The second kappa shape index (κ2) is 4.58. The molecule has 1 aromatic rings. The number of hydrogen-bond acceptors (Lipinski definition) is 2. The molecule has 2 rings (SSSR count). The van der Waals surface area contributed by atoms with Gasteiger partial charge in [0, 0.05) is 12.5 Å². The van der Waals surface area contributed by atoms with Crippen LogP contribution < -0.4 is 0 Å². The SMILES string of the molecule is CC(c1ccccc1)N1CCCC(=O)C1. The van der Waals surface area contributed by atoms with Crippen LogP contribution in [0.4, 0.5) is 0 Å². The molecule has 1 aromatic carbocycles. The Kier molecular flexibility index (Phi) is 3.17.